The van der Waals surface area contributed by atoms with Crippen LogP contribution in [-0.4, -0.2) is 16.1 Å². The van der Waals surface area contributed by atoms with Crippen LogP contribution in [0.15, 0.2) is 10.7 Å². The van der Waals surface area contributed by atoms with Crippen LogP contribution in [0.3, 0.4) is 0 Å². The summed E-state index contributed by atoms with van der Waals surface area (Å²) in [6, 6.07) is 0. The van der Waals surface area contributed by atoms with Gasteiger partial charge in [-0.25, -0.2) is 10.8 Å². The van der Waals surface area contributed by atoms with Crippen LogP contribution in [0.2, 0.25) is 0 Å². The van der Waals surface area contributed by atoms with Crippen molar-refractivity contribution in [3.8, 4) is 5.88 Å². The number of aromatic nitrogens is 2. The number of hydrazine groups is 1. The molecule has 0 amide bonds. The molecule has 1 aliphatic carbocycles. The number of nitrogens with two attached hydrogens (primary N) is 1. The summed E-state index contributed by atoms with van der Waals surface area (Å²) >= 11 is 3.39. The highest BCUT2D eigenvalue weighted by molar-refractivity contribution is 9.10. The molecule has 6 heteroatoms. The second kappa shape index (κ2) is 5.40. The number of halogens is 1. The number of nitrogens with one attached hydrogen (secondary N) is 1. The van der Waals surface area contributed by atoms with Crippen LogP contribution in [-0.2, 0) is 0 Å². The zero-order valence-corrected chi connectivity index (χ0v) is 12.3. The van der Waals surface area contributed by atoms with Gasteiger partial charge < -0.3 is 4.74 Å². The van der Waals surface area contributed by atoms with Crippen molar-refractivity contribution in [2.24, 2.45) is 11.3 Å². The third kappa shape index (κ3) is 3.32. The lowest BCUT2D eigenvalue weighted by atomic mass is 9.76. The molecule has 100 valence electrons. The maximum atomic E-state index is 5.93. The van der Waals surface area contributed by atoms with Crippen LogP contribution in [0.25, 0.3) is 0 Å². The van der Waals surface area contributed by atoms with Crippen molar-refractivity contribution in [1.29, 1.82) is 0 Å². The molecule has 1 aromatic rings. The normalized spacial score (nSPS) is 19.6. The molecule has 0 unspecified atom stereocenters. The Morgan fingerprint density at radius 3 is 2.72 bits per heavy atom. The van der Waals surface area contributed by atoms with Crippen molar-refractivity contribution in [1.82, 2.24) is 9.97 Å². The van der Waals surface area contributed by atoms with Crippen LogP contribution in [0.1, 0.15) is 39.5 Å². The average Bonchev–Trinajstić information content (AvgIpc) is 2.34. The molecule has 0 aliphatic heterocycles. The summed E-state index contributed by atoms with van der Waals surface area (Å²) in [7, 11) is 0. The maximum Gasteiger partial charge on any atom is 0.240 e. The molecule has 2 rings (SSSR count). The van der Waals surface area contributed by atoms with E-state index >= 15 is 0 Å². The fourth-order valence-corrected chi connectivity index (χ4v) is 2.44. The highest BCUT2D eigenvalue weighted by atomic mass is 79.9. The van der Waals surface area contributed by atoms with Gasteiger partial charge in [0.1, 0.15) is 6.10 Å². The Bertz CT molecular complexity index is 415. The molecule has 0 radical (unpaired) electrons. The van der Waals surface area contributed by atoms with Gasteiger partial charge in [0.25, 0.3) is 0 Å². The van der Waals surface area contributed by atoms with Crippen LogP contribution < -0.4 is 16.0 Å². The summed E-state index contributed by atoms with van der Waals surface area (Å²) in [5.74, 6) is 6.21. The predicted molar refractivity (Wildman–Crippen MR) is 74.2 cm³/mol. The first-order chi connectivity index (χ1) is 8.50. The van der Waals surface area contributed by atoms with Crippen molar-refractivity contribution in [3.63, 3.8) is 0 Å². The van der Waals surface area contributed by atoms with E-state index in [9.17, 15) is 0 Å². The largest absolute Gasteiger partial charge is 0.473 e. The molecule has 0 spiro atoms. The van der Waals surface area contributed by atoms with Gasteiger partial charge in [-0.05, 0) is 47.0 Å². The van der Waals surface area contributed by atoms with E-state index in [2.05, 4.69) is 45.2 Å². The van der Waals surface area contributed by atoms with Gasteiger partial charge in [0.15, 0.2) is 0 Å². The molecule has 3 N–H and O–H groups in total. The lowest BCUT2D eigenvalue weighted by molar-refractivity contribution is 0.0942. The number of nitrogen functional groups attached to an aromatic ring is 1. The zero-order chi connectivity index (χ0) is 13.2. The molecule has 1 fully saturated rings. The first-order valence-corrected chi connectivity index (χ1v) is 6.95. The molecule has 1 aromatic heterocycles. The van der Waals surface area contributed by atoms with E-state index < -0.39 is 0 Å². The lowest BCUT2D eigenvalue weighted by Gasteiger charge is -2.34. The fraction of sp³-hybridized carbons (Fsp3) is 0.667. The van der Waals surface area contributed by atoms with E-state index in [1.165, 1.54) is 12.8 Å². The summed E-state index contributed by atoms with van der Waals surface area (Å²) < 4.78 is 6.68. The highest BCUT2D eigenvalue weighted by Gasteiger charge is 2.28. The standard InChI is InChI=1S/C12H19BrN4O/c1-12(2)5-3-8(4-6-12)18-10-9(13)7-15-11(16-10)17-14/h7-8H,3-6,14H2,1-2H3,(H,15,16,17). The SMILES string of the molecule is CC1(C)CCC(Oc2nc(NN)ncc2Br)CC1. The Balaban J connectivity index is 2.01. The molecule has 5 nitrogen and oxygen atoms in total. The minimum absolute atomic E-state index is 0.231. The second-order valence-corrected chi connectivity index (χ2v) is 6.33. The number of rotatable bonds is 3. The Hall–Kier alpha value is -0.880. The molecule has 0 aromatic carbocycles. The summed E-state index contributed by atoms with van der Waals surface area (Å²) in [5, 5.41) is 0. The quantitative estimate of drug-likeness (QED) is 0.663. The van der Waals surface area contributed by atoms with Gasteiger partial charge in [0.2, 0.25) is 11.8 Å². The van der Waals surface area contributed by atoms with Gasteiger partial charge in [0.05, 0.1) is 10.7 Å². The van der Waals surface area contributed by atoms with Gasteiger partial charge in [-0.3, -0.25) is 5.43 Å². The van der Waals surface area contributed by atoms with E-state index in [-0.39, 0.29) is 6.10 Å². The zero-order valence-electron chi connectivity index (χ0n) is 10.7. The third-order valence-electron chi connectivity index (χ3n) is 3.41. The first-order valence-electron chi connectivity index (χ1n) is 6.16. The number of ether oxygens (including phenoxy) is 1. The molecular formula is C12H19BrN4O. The Morgan fingerprint density at radius 2 is 2.11 bits per heavy atom. The van der Waals surface area contributed by atoms with E-state index in [1.807, 2.05) is 0 Å². The van der Waals surface area contributed by atoms with Crippen LogP contribution in [0, 0.1) is 5.41 Å². The topological polar surface area (TPSA) is 73.1 Å². The molecule has 18 heavy (non-hydrogen) atoms. The smallest absolute Gasteiger partial charge is 0.240 e. The minimum atomic E-state index is 0.231. The van der Waals surface area contributed by atoms with Gasteiger partial charge in [-0.1, -0.05) is 13.8 Å². The summed E-state index contributed by atoms with van der Waals surface area (Å²) in [6.45, 7) is 4.61. The number of hydrogen-bond donors (Lipinski definition) is 2. The summed E-state index contributed by atoms with van der Waals surface area (Å²) in [5.41, 5.74) is 2.86. The first kappa shape index (κ1) is 13.5. The molecule has 1 aliphatic rings. The molecule has 1 saturated carbocycles. The summed E-state index contributed by atoms with van der Waals surface area (Å²) in [6.07, 6.45) is 6.37. The van der Waals surface area contributed by atoms with Crippen LogP contribution in [0.4, 0.5) is 5.95 Å². The average molecular weight is 315 g/mol. The highest BCUT2D eigenvalue weighted by Crippen LogP contribution is 2.37. The number of hydrogen-bond acceptors (Lipinski definition) is 5. The maximum absolute atomic E-state index is 5.93. The van der Waals surface area contributed by atoms with Gasteiger partial charge in [-0.2, -0.15) is 4.98 Å². The van der Waals surface area contributed by atoms with Crippen molar-refractivity contribution in [3.05, 3.63) is 10.7 Å². The Kier molecular flexibility index (Phi) is 4.07. The minimum Gasteiger partial charge on any atom is -0.473 e. The van der Waals surface area contributed by atoms with Crippen molar-refractivity contribution < 1.29 is 4.74 Å². The lowest BCUT2D eigenvalue weighted by Crippen LogP contribution is -2.28. The predicted octanol–water partition coefficient (Wildman–Crippen LogP) is 2.87. The second-order valence-electron chi connectivity index (χ2n) is 5.47. The summed E-state index contributed by atoms with van der Waals surface area (Å²) in [4.78, 5) is 8.20. The van der Waals surface area contributed by atoms with Crippen molar-refractivity contribution >= 4 is 21.9 Å². The van der Waals surface area contributed by atoms with Gasteiger partial charge in [0, 0.05) is 0 Å². The molecule has 0 saturated heterocycles. The molecule has 1 heterocycles. The van der Waals surface area contributed by atoms with Crippen molar-refractivity contribution in [2.75, 3.05) is 5.43 Å². The number of nitrogens with zero attached hydrogens (tertiary/aromatic N) is 2. The van der Waals surface area contributed by atoms with Crippen LogP contribution in [0.5, 0.6) is 5.88 Å². The molecular weight excluding hydrogens is 296 g/mol. The van der Waals surface area contributed by atoms with Gasteiger partial charge in [-0.15, -0.1) is 0 Å². The monoisotopic (exact) mass is 314 g/mol. The van der Waals surface area contributed by atoms with Gasteiger partial charge >= 0.3 is 0 Å². The van der Waals surface area contributed by atoms with Crippen molar-refractivity contribution in [2.45, 2.75) is 45.6 Å². The molecule has 0 bridgehead atoms. The Labute approximate surface area is 116 Å². The van der Waals surface area contributed by atoms with E-state index in [0.717, 1.165) is 17.3 Å². The number of anilines is 1. The van der Waals surface area contributed by atoms with E-state index in [1.54, 1.807) is 6.20 Å². The van der Waals surface area contributed by atoms with Crippen LogP contribution >= 0.6 is 15.9 Å². The fourth-order valence-electron chi connectivity index (χ4n) is 2.15. The third-order valence-corrected chi connectivity index (χ3v) is 3.95. The van der Waals surface area contributed by atoms with E-state index in [0.29, 0.717) is 17.2 Å². The molecule has 0 atom stereocenters. The van der Waals surface area contributed by atoms with E-state index in [4.69, 9.17) is 10.6 Å². The Morgan fingerprint density at radius 1 is 1.44 bits per heavy atom.